The van der Waals surface area contributed by atoms with Gasteiger partial charge in [-0.2, -0.15) is 0 Å². The van der Waals surface area contributed by atoms with Crippen LogP contribution < -0.4 is 10.4 Å². The minimum Gasteiger partial charge on any atom is -0.507 e. The van der Waals surface area contributed by atoms with Crippen molar-refractivity contribution in [2.24, 2.45) is 0 Å². The average Bonchev–Trinajstić information content (AvgIpc) is 2.37. The Morgan fingerprint density at radius 2 is 0.909 bits per heavy atom. The molecule has 2 nitrogen and oxygen atoms in total. The van der Waals surface area contributed by atoms with Gasteiger partial charge in [0.1, 0.15) is 11.5 Å². The molecular formula is C18H26O2Si2. The molecule has 0 spiro atoms. The van der Waals surface area contributed by atoms with E-state index in [2.05, 4.69) is 39.3 Å². The molecular weight excluding hydrogens is 304 g/mol. The van der Waals surface area contributed by atoms with Crippen molar-refractivity contribution >= 4 is 26.5 Å². The van der Waals surface area contributed by atoms with E-state index in [-0.39, 0.29) is 0 Å². The largest absolute Gasteiger partial charge is 0.507 e. The minimum absolute atomic E-state index is 0.324. The summed E-state index contributed by atoms with van der Waals surface area (Å²) in [7, 11) is -3.27. The summed E-state index contributed by atoms with van der Waals surface area (Å²) < 4.78 is 0. The Kier molecular flexibility index (Phi) is 4.28. The summed E-state index contributed by atoms with van der Waals surface area (Å²) in [6, 6.07) is 11.7. The molecule has 0 fully saturated rings. The molecule has 2 aromatic rings. The predicted molar refractivity (Wildman–Crippen MR) is 101 cm³/mol. The van der Waals surface area contributed by atoms with Gasteiger partial charge in [-0.3, -0.25) is 0 Å². The second-order valence-electron chi connectivity index (χ2n) is 7.90. The zero-order valence-electron chi connectivity index (χ0n) is 14.4. The van der Waals surface area contributed by atoms with Crippen molar-refractivity contribution in [2.75, 3.05) is 0 Å². The highest BCUT2D eigenvalue weighted by Gasteiger charge is 2.26. The fourth-order valence-electron chi connectivity index (χ4n) is 2.73. The molecule has 4 heteroatoms. The summed E-state index contributed by atoms with van der Waals surface area (Å²) in [4.78, 5) is 0. The van der Waals surface area contributed by atoms with E-state index in [0.717, 1.165) is 21.5 Å². The van der Waals surface area contributed by atoms with Gasteiger partial charge in [-0.15, -0.1) is 0 Å². The fourth-order valence-corrected chi connectivity index (χ4v) is 5.61. The Morgan fingerprint density at radius 3 is 1.18 bits per heavy atom. The van der Waals surface area contributed by atoms with Gasteiger partial charge in [0, 0.05) is 11.1 Å². The van der Waals surface area contributed by atoms with Gasteiger partial charge in [0.25, 0.3) is 0 Å². The van der Waals surface area contributed by atoms with Crippen molar-refractivity contribution in [2.45, 2.75) is 39.3 Å². The highest BCUT2D eigenvalue weighted by Crippen LogP contribution is 2.35. The van der Waals surface area contributed by atoms with Crippen LogP contribution in [0.5, 0.6) is 11.5 Å². The highest BCUT2D eigenvalue weighted by molar-refractivity contribution is 6.90. The molecule has 2 aromatic carbocycles. The van der Waals surface area contributed by atoms with Crippen molar-refractivity contribution in [3.63, 3.8) is 0 Å². The maximum absolute atomic E-state index is 10.7. The number of hydrogen-bond acceptors (Lipinski definition) is 2. The molecule has 0 aliphatic carbocycles. The van der Waals surface area contributed by atoms with Crippen LogP contribution in [0.2, 0.25) is 39.3 Å². The SMILES string of the molecule is C[Si](C)(C)c1cccc(-c2cccc([Si](C)(C)C)c2O)c1O. The Balaban J connectivity index is 2.69. The molecule has 0 unspecified atom stereocenters. The molecule has 0 amide bonds. The van der Waals surface area contributed by atoms with Crippen molar-refractivity contribution in [1.29, 1.82) is 0 Å². The van der Waals surface area contributed by atoms with Gasteiger partial charge >= 0.3 is 0 Å². The smallest absolute Gasteiger partial charge is 0.122 e. The van der Waals surface area contributed by atoms with Crippen LogP contribution in [0, 0.1) is 0 Å². The lowest BCUT2D eigenvalue weighted by Crippen LogP contribution is -2.38. The number of phenolic OH excluding ortho intramolecular Hbond substituents is 2. The molecule has 0 radical (unpaired) electrons. The Bertz CT molecular complexity index is 634. The van der Waals surface area contributed by atoms with Crippen molar-refractivity contribution in [3.05, 3.63) is 36.4 Å². The third-order valence-corrected chi connectivity index (χ3v) is 8.02. The van der Waals surface area contributed by atoms with E-state index in [1.54, 1.807) is 0 Å². The first-order valence-corrected chi connectivity index (χ1v) is 14.7. The first-order valence-electron chi connectivity index (χ1n) is 7.69. The van der Waals surface area contributed by atoms with Crippen LogP contribution in [-0.2, 0) is 0 Å². The van der Waals surface area contributed by atoms with Gasteiger partial charge in [0.2, 0.25) is 0 Å². The summed E-state index contributed by atoms with van der Waals surface area (Å²) in [6.07, 6.45) is 0. The van der Waals surface area contributed by atoms with Crippen molar-refractivity contribution in [3.8, 4) is 22.6 Å². The van der Waals surface area contributed by atoms with Gasteiger partial charge in [0.05, 0.1) is 16.1 Å². The molecule has 0 heterocycles. The first-order chi connectivity index (χ1) is 10.0. The summed E-state index contributed by atoms with van der Waals surface area (Å²) >= 11 is 0. The van der Waals surface area contributed by atoms with E-state index in [1.807, 2.05) is 36.4 Å². The van der Waals surface area contributed by atoms with Gasteiger partial charge in [-0.25, -0.2) is 0 Å². The summed E-state index contributed by atoms with van der Waals surface area (Å²) in [5, 5.41) is 23.5. The number of phenols is 2. The van der Waals surface area contributed by atoms with Crippen LogP contribution >= 0.6 is 0 Å². The predicted octanol–water partition coefficient (Wildman–Crippen LogP) is 3.86. The summed E-state index contributed by atoms with van der Waals surface area (Å²) in [5.41, 5.74) is 1.47. The second-order valence-corrected chi connectivity index (χ2v) is 18.0. The van der Waals surface area contributed by atoms with E-state index in [0.29, 0.717) is 11.5 Å². The molecule has 2 N–H and O–H groups in total. The van der Waals surface area contributed by atoms with Crippen LogP contribution in [0.3, 0.4) is 0 Å². The lowest BCUT2D eigenvalue weighted by atomic mass is 10.0. The van der Waals surface area contributed by atoms with Gasteiger partial charge < -0.3 is 10.2 Å². The van der Waals surface area contributed by atoms with Crippen molar-refractivity contribution < 1.29 is 10.2 Å². The number of aromatic hydroxyl groups is 2. The second kappa shape index (κ2) is 5.59. The Morgan fingerprint density at radius 1 is 0.591 bits per heavy atom. The Hall–Kier alpha value is -1.53. The maximum Gasteiger partial charge on any atom is 0.122 e. The van der Waals surface area contributed by atoms with E-state index < -0.39 is 16.1 Å². The molecule has 0 aromatic heterocycles. The zero-order valence-corrected chi connectivity index (χ0v) is 16.4. The lowest BCUT2D eigenvalue weighted by Gasteiger charge is -2.23. The van der Waals surface area contributed by atoms with E-state index in [4.69, 9.17) is 0 Å². The third kappa shape index (κ3) is 3.13. The molecule has 0 saturated heterocycles. The Labute approximate surface area is 135 Å². The normalized spacial score (nSPS) is 12.5. The molecule has 22 heavy (non-hydrogen) atoms. The zero-order chi connectivity index (χ0) is 16.7. The molecule has 0 aliphatic rings. The maximum atomic E-state index is 10.7. The molecule has 0 aliphatic heterocycles. The summed E-state index contributed by atoms with van der Waals surface area (Å²) in [5.74, 6) is 0.648. The molecule has 0 saturated carbocycles. The average molecular weight is 331 g/mol. The number of benzene rings is 2. The molecule has 0 bridgehead atoms. The number of para-hydroxylation sites is 2. The fraction of sp³-hybridized carbons (Fsp3) is 0.333. The topological polar surface area (TPSA) is 40.5 Å². The van der Waals surface area contributed by atoms with Gasteiger partial charge in [-0.05, 0) is 10.4 Å². The van der Waals surface area contributed by atoms with E-state index >= 15 is 0 Å². The van der Waals surface area contributed by atoms with Crippen molar-refractivity contribution in [1.82, 2.24) is 0 Å². The lowest BCUT2D eigenvalue weighted by molar-refractivity contribution is 0.473. The monoisotopic (exact) mass is 330 g/mol. The quantitative estimate of drug-likeness (QED) is 0.839. The van der Waals surface area contributed by atoms with Crippen LogP contribution in [0.1, 0.15) is 0 Å². The summed E-state index contributed by atoms with van der Waals surface area (Å²) in [6.45, 7) is 13.3. The minimum atomic E-state index is -1.63. The highest BCUT2D eigenvalue weighted by atomic mass is 28.3. The van der Waals surface area contributed by atoms with Crippen LogP contribution in [0.15, 0.2) is 36.4 Å². The van der Waals surface area contributed by atoms with Crippen LogP contribution in [0.4, 0.5) is 0 Å². The molecule has 2 rings (SSSR count). The first kappa shape index (κ1) is 16.8. The standard InChI is InChI=1S/C18H26O2Si2/c1-21(2,3)15-11-7-9-13(17(15)19)14-10-8-12-16(18(14)20)22(4,5)6/h7-12,19-20H,1-6H3. The van der Waals surface area contributed by atoms with E-state index in [1.165, 1.54) is 0 Å². The van der Waals surface area contributed by atoms with Gasteiger partial charge in [0.15, 0.2) is 0 Å². The number of rotatable bonds is 3. The van der Waals surface area contributed by atoms with Crippen LogP contribution in [-0.4, -0.2) is 26.4 Å². The van der Waals surface area contributed by atoms with Gasteiger partial charge in [-0.1, -0.05) is 75.7 Å². The third-order valence-electron chi connectivity index (χ3n) is 3.98. The van der Waals surface area contributed by atoms with Crippen LogP contribution in [0.25, 0.3) is 11.1 Å². The molecule has 0 atom stereocenters. The molecule has 118 valence electrons. The van der Waals surface area contributed by atoms with E-state index in [9.17, 15) is 10.2 Å². The number of hydrogen-bond donors (Lipinski definition) is 2.